The second kappa shape index (κ2) is 4.34. The van der Waals surface area contributed by atoms with Gasteiger partial charge in [0.15, 0.2) is 0 Å². The lowest BCUT2D eigenvalue weighted by atomic mass is 9.96. The Morgan fingerprint density at radius 2 is 1.61 bits per heavy atom. The molecule has 0 bridgehead atoms. The second-order valence-corrected chi connectivity index (χ2v) is 4.48. The van der Waals surface area contributed by atoms with Crippen LogP contribution in [0.3, 0.4) is 0 Å². The molecule has 0 saturated carbocycles. The van der Waals surface area contributed by atoms with Crippen molar-refractivity contribution < 1.29 is 4.74 Å². The van der Waals surface area contributed by atoms with E-state index in [-0.39, 0.29) is 0 Å². The monoisotopic (exact) mass is 236 g/mol. The average molecular weight is 236 g/mol. The van der Waals surface area contributed by atoms with Crippen LogP contribution in [-0.2, 0) is 6.42 Å². The predicted octanol–water partition coefficient (Wildman–Crippen LogP) is 4.56. The Hall–Kier alpha value is -2.02. The summed E-state index contributed by atoms with van der Waals surface area (Å²) in [6, 6.07) is 17.1. The molecule has 1 nitrogen and oxygen atoms in total. The maximum absolute atomic E-state index is 5.49. The van der Waals surface area contributed by atoms with Crippen LogP contribution >= 0.6 is 0 Å². The van der Waals surface area contributed by atoms with Crippen LogP contribution < -0.4 is 4.74 Å². The van der Waals surface area contributed by atoms with Crippen LogP contribution in [0.25, 0.3) is 21.5 Å². The van der Waals surface area contributed by atoms with Gasteiger partial charge in [0.05, 0.1) is 7.11 Å². The molecule has 0 heterocycles. The van der Waals surface area contributed by atoms with Gasteiger partial charge in [0.2, 0.25) is 0 Å². The molecule has 18 heavy (non-hydrogen) atoms. The van der Waals surface area contributed by atoms with Gasteiger partial charge in [-0.05, 0) is 34.0 Å². The minimum atomic E-state index is 0.981. The third-order valence-corrected chi connectivity index (χ3v) is 3.55. The van der Waals surface area contributed by atoms with Crippen LogP contribution in [0.2, 0.25) is 0 Å². The van der Waals surface area contributed by atoms with Crippen molar-refractivity contribution in [2.24, 2.45) is 0 Å². The molecule has 0 radical (unpaired) electrons. The average Bonchev–Trinajstić information content (AvgIpc) is 2.45. The molecule has 0 N–H and O–H groups in total. The number of ether oxygens (including phenoxy) is 1. The van der Waals surface area contributed by atoms with E-state index in [2.05, 4.69) is 55.5 Å². The van der Waals surface area contributed by atoms with E-state index in [4.69, 9.17) is 4.74 Å². The zero-order chi connectivity index (χ0) is 12.5. The number of benzene rings is 3. The van der Waals surface area contributed by atoms with Gasteiger partial charge in [-0.15, -0.1) is 0 Å². The smallest absolute Gasteiger partial charge is 0.122 e. The molecular formula is C17H16O. The SMILES string of the molecule is CCc1c(OC)ccc2ccc3ccccc3c12. The van der Waals surface area contributed by atoms with Crippen molar-refractivity contribution >= 4 is 21.5 Å². The fraction of sp³-hybridized carbons (Fsp3) is 0.176. The van der Waals surface area contributed by atoms with Gasteiger partial charge in [0, 0.05) is 5.56 Å². The molecule has 90 valence electrons. The van der Waals surface area contributed by atoms with Crippen molar-refractivity contribution in [3.8, 4) is 5.75 Å². The maximum atomic E-state index is 5.49. The third kappa shape index (κ3) is 1.55. The number of hydrogen-bond donors (Lipinski definition) is 0. The van der Waals surface area contributed by atoms with Crippen molar-refractivity contribution in [3.05, 3.63) is 54.1 Å². The maximum Gasteiger partial charge on any atom is 0.122 e. The van der Waals surface area contributed by atoms with Crippen molar-refractivity contribution in [1.82, 2.24) is 0 Å². The molecular weight excluding hydrogens is 220 g/mol. The molecule has 0 aliphatic carbocycles. The second-order valence-electron chi connectivity index (χ2n) is 4.48. The van der Waals surface area contributed by atoms with Gasteiger partial charge in [-0.25, -0.2) is 0 Å². The summed E-state index contributed by atoms with van der Waals surface area (Å²) in [5.74, 6) is 0.987. The number of hydrogen-bond acceptors (Lipinski definition) is 1. The van der Waals surface area contributed by atoms with E-state index in [0.29, 0.717) is 0 Å². The molecule has 0 atom stereocenters. The highest BCUT2D eigenvalue weighted by atomic mass is 16.5. The Balaban J connectivity index is 2.53. The Kier molecular flexibility index (Phi) is 2.67. The first-order valence-corrected chi connectivity index (χ1v) is 6.32. The van der Waals surface area contributed by atoms with E-state index < -0.39 is 0 Å². The predicted molar refractivity (Wildman–Crippen MR) is 77.4 cm³/mol. The highest BCUT2D eigenvalue weighted by molar-refractivity contribution is 6.09. The van der Waals surface area contributed by atoms with Crippen molar-refractivity contribution in [3.63, 3.8) is 0 Å². The number of methoxy groups -OCH3 is 1. The standard InChI is InChI=1S/C17H16O/c1-3-14-16(18-2)11-10-13-9-8-12-6-4-5-7-15(12)17(13)14/h4-11H,3H2,1-2H3. The van der Waals surface area contributed by atoms with Crippen LogP contribution in [0.4, 0.5) is 0 Å². The zero-order valence-electron chi connectivity index (χ0n) is 10.7. The summed E-state index contributed by atoms with van der Waals surface area (Å²) in [4.78, 5) is 0. The van der Waals surface area contributed by atoms with Crippen molar-refractivity contribution in [2.45, 2.75) is 13.3 Å². The quantitative estimate of drug-likeness (QED) is 0.592. The van der Waals surface area contributed by atoms with Crippen LogP contribution in [0.1, 0.15) is 12.5 Å². The molecule has 0 aliphatic rings. The van der Waals surface area contributed by atoms with Gasteiger partial charge in [0.25, 0.3) is 0 Å². The largest absolute Gasteiger partial charge is 0.496 e. The molecule has 3 aromatic rings. The highest BCUT2D eigenvalue weighted by Gasteiger charge is 2.09. The van der Waals surface area contributed by atoms with Gasteiger partial charge in [0.1, 0.15) is 5.75 Å². The van der Waals surface area contributed by atoms with Crippen molar-refractivity contribution in [2.75, 3.05) is 7.11 Å². The van der Waals surface area contributed by atoms with Crippen LogP contribution in [0, 0.1) is 0 Å². The third-order valence-electron chi connectivity index (χ3n) is 3.55. The van der Waals surface area contributed by atoms with Gasteiger partial charge in [-0.2, -0.15) is 0 Å². The van der Waals surface area contributed by atoms with Gasteiger partial charge >= 0.3 is 0 Å². The molecule has 0 saturated heterocycles. The molecule has 3 aromatic carbocycles. The first-order valence-electron chi connectivity index (χ1n) is 6.32. The van der Waals surface area contributed by atoms with Gasteiger partial charge < -0.3 is 4.74 Å². The summed E-state index contributed by atoms with van der Waals surface area (Å²) >= 11 is 0. The molecule has 1 heteroatoms. The summed E-state index contributed by atoms with van der Waals surface area (Å²) in [7, 11) is 1.74. The van der Waals surface area contributed by atoms with Crippen LogP contribution in [0.15, 0.2) is 48.5 Å². The molecule has 0 fully saturated rings. The number of rotatable bonds is 2. The van der Waals surface area contributed by atoms with E-state index >= 15 is 0 Å². The zero-order valence-corrected chi connectivity index (χ0v) is 10.7. The molecule has 0 amide bonds. The fourth-order valence-electron chi connectivity index (χ4n) is 2.70. The topological polar surface area (TPSA) is 9.23 Å². The molecule has 0 spiro atoms. The Bertz CT molecular complexity index is 713. The Morgan fingerprint density at radius 1 is 0.889 bits per heavy atom. The summed E-state index contributed by atoms with van der Waals surface area (Å²) in [6.45, 7) is 2.18. The molecule has 0 aliphatic heterocycles. The van der Waals surface area contributed by atoms with E-state index in [1.165, 1.54) is 27.1 Å². The summed E-state index contributed by atoms with van der Waals surface area (Å²) in [5.41, 5.74) is 1.30. The van der Waals surface area contributed by atoms with Gasteiger partial charge in [-0.3, -0.25) is 0 Å². The van der Waals surface area contributed by atoms with Gasteiger partial charge in [-0.1, -0.05) is 49.4 Å². The normalized spacial score (nSPS) is 11.0. The molecule has 0 aromatic heterocycles. The number of fused-ring (bicyclic) bond motifs is 3. The summed E-state index contributed by atoms with van der Waals surface area (Å²) < 4.78 is 5.49. The minimum Gasteiger partial charge on any atom is -0.496 e. The van der Waals surface area contributed by atoms with Crippen LogP contribution in [-0.4, -0.2) is 7.11 Å². The Labute approximate surface area is 107 Å². The van der Waals surface area contributed by atoms with Crippen molar-refractivity contribution in [1.29, 1.82) is 0 Å². The summed E-state index contributed by atoms with van der Waals surface area (Å²) in [5, 5.41) is 5.21. The fourth-order valence-corrected chi connectivity index (χ4v) is 2.70. The molecule has 0 unspecified atom stereocenters. The number of aryl methyl sites for hydroxylation is 1. The lowest BCUT2D eigenvalue weighted by Gasteiger charge is -2.12. The lowest BCUT2D eigenvalue weighted by molar-refractivity contribution is 0.411. The highest BCUT2D eigenvalue weighted by Crippen LogP contribution is 2.33. The summed E-state index contributed by atoms with van der Waals surface area (Å²) in [6.07, 6.45) is 0.981. The first-order chi connectivity index (χ1) is 8.85. The van der Waals surface area contributed by atoms with E-state index in [1.807, 2.05) is 0 Å². The van der Waals surface area contributed by atoms with E-state index in [1.54, 1.807) is 7.11 Å². The van der Waals surface area contributed by atoms with Crippen LogP contribution in [0.5, 0.6) is 5.75 Å². The Morgan fingerprint density at radius 3 is 2.39 bits per heavy atom. The minimum absolute atomic E-state index is 0.981. The first kappa shape index (κ1) is 11.1. The van der Waals surface area contributed by atoms with E-state index in [9.17, 15) is 0 Å². The van der Waals surface area contributed by atoms with E-state index in [0.717, 1.165) is 12.2 Å². The molecule has 3 rings (SSSR count). The lowest BCUT2D eigenvalue weighted by Crippen LogP contribution is -1.92.